The molecule has 0 aliphatic carbocycles. The number of halogens is 1. The molecular weight excluding hydrogens is 345 g/mol. The third-order valence-electron chi connectivity index (χ3n) is 4.89. The van der Waals surface area contributed by atoms with Crippen molar-refractivity contribution in [1.29, 1.82) is 0 Å². The molecular formula is C20H20FN5O. The van der Waals surface area contributed by atoms with Gasteiger partial charge in [-0.3, -0.25) is 4.79 Å². The Balaban J connectivity index is 1.74. The van der Waals surface area contributed by atoms with Crippen LogP contribution in [-0.2, 0) is 4.79 Å². The Bertz CT molecular complexity index is 997. The van der Waals surface area contributed by atoms with Gasteiger partial charge in [-0.15, -0.1) is 0 Å². The van der Waals surface area contributed by atoms with E-state index in [-0.39, 0.29) is 17.7 Å². The van der Waals surface area contributed by atoms with Crippen molar-refractivity contribution in [1.82, 2.24) is 14.9 Å². The zero-order valence-electron chi connectivity index (χ0n) is 15.0. The Morgan fingerprint density at radius 1 is 1.00 bits per heavy atom. The van der Waals surface area contributed by atoms with Gasteiger partial charge in [0.15, 0.2) is 0 Å². The number of nitrogens with two attached hydrogens (primary N) is 1. The maximum atomic E-state index is 13.2. The lowest BCUT2D eigenvalue weighted by atomic mass is 10.0. The van der Waals surface area contributed by atoms with Crippen molar-refractivity contribution in [3.8, 4) is 11.1 Å². The molecule has 2 aromatic carbocycles. The summed E-state index contributed by atoms with van der Waals surface area (Å²) in [5.41, 5.74) is 8.56. The fourth-order valence-electron chi connectivity index (χ4n) is 3.43. The number of aromatic nitrogens is 2. The number of piperazine rings is 1. The SMILES string of the molecule is CC(=O)N1CCN(c2nc(N)nc3ccc(-c4ccc(F)cc4)cc23)CC1. The summed E-state index contributed by atoms with van der Waals surface area (Å²) in [4.78, 5) is 24.3. The smallest absolute Gasteiger partial charge is 0.222 e. The number of carbonyl (C=O) groups excluding carboxylic acids is 1. The van der Waals surface area contributed by atoms with Crippen molar-refractivity contribution in [2.24, 2.45) is 0 Å². The first-order chi connectivity index (χ1) is 13.0. The second-order valence-corrected chi connectivity index (χ2v) is 6.64. The van der Waals surface area contributed by atoms with E-state index in [2.05, 4.69) is 14.9 Å². The van der Waals surface area contributed by atoms with Gasteiger partial charge in [0.2, 0.25) is 11.9 Å². The van der Waals surface area contributed by atoms with Gasteiger partial charge < -0.3 is 15.5 Å². The van der Waals surface area contributed by atoms with Crippen molar-refractivity contribution < 1.29 is 9.18 Å². The number of hydrogen-bond donors (Lipinski definition) is 1. The second-order valence-electron chi connectivity index (χ2n) is 6.64. The molecule has 3 aromatic rings. The Kier molecular flexibility index (Phi) is 4.35. The van der Waals surface area contributed by atoms with Crippen LogP contribution in [0.25, 0.3) is 22.0 Å². The zero-order chi connectivity index (χ0) is 19.0. The summed E-state index contributed by atoms with van der Waals surface area (Å²) in [7, 11) is 0. The number of nitrogen functional groups attached to an aromatic ring is 1. The highest BCUT2D eigenvalue weighted by Gasteiger charge is 2.22. The van der Waals surface area contributed by atoms with E-state index in [1.165, 1.54) is 12.1 Å². The minimum atomic E-state index is -0.264. The molecule has 1 saturated heterocycles. The summed E-state index contributed by atoms with van der Waals surface area (Å²) in [5, 5.41) is 0.891. The molecule has 1 aromatic heterocycles. The highest BCUT2D eigenvalue weighted by Crippen LogP contribution is 2.30. The molecule has 1 aliphatic rings. The minimum absolute atomic E-state index is 0.0836. The molecule has 2 N–H and O–H groups in total. The fourth-order valence-corrected chi connectivity index (χ4v) is 3.43. The van der Waals surface area contributed by atoms with Gasteiger partial charge in [-0.2, -0.15) is 4.98 Å². The van der Waals surface area contributed by atoms with E-state index < -0.39 is 0 Å². The van der Waals surface area contributed by atoms with Crippen LogP contribution in [0.1, 0.15) is 6.92 Å². The predicted molar refractivity (Wildman–Crippen MR) is 104 cm³/mol. The van der Waals surface area contributed by atoms with Crippen LogP contribution in [0.15, 0.2) is 42.5 Å². The topological polar surface area (TPSA) is 75.4 Å². The number of fused-ring (bicyclic) bond motifs is 1. The zero-order valence-corrected chi connectivity index (χ0v) is 15.0. The summed E-state index contributed by atoms with van der Waals surface area (Å²) in [6.45, 7) is 4.26. The van der Waals surface area contributed by atoms with Gasteiger partial charge in [-0.1, -0.05) is 18.2 Å². The molecule has 4 rings (SSSR count). The summed E-state index contributed by atoms with van der Waals surface area (Å²) >= 11 is 0. The summed E-state index contributed by atoms with van der Waals surface area (Å²) in [6.07, 6.45) is 0. The minimum Gasteiger partial charge on any atom is -0.368 e. The van der Waals surface area contributed by atoms with E-state index in [4.69, 9.17) is 5.73 Å². The fraction of sp³-hybridized carbons (Fsp3) is 0.250. The van der Waals surface area contributed by atoms with Gasteiger partial charge in [0, 0.05) is 38.5 Å². The van der Waals surface area contributed by atoms with E-state index in [1.54, 1.807) is 19.1 Å². The van der Waals surface area contributed by atoms with Crippen LogP contribution in [-0.4, -0.2) is 47.0 Å². The number of amides is 1. The first-order valence-electron chi connectivity index (χ1n) is 8.85. The van der Waals surface area contributed by atoms with E-state index in [0.717, 1.165) is 27.8 Å². The van der Waals surface area contributed by atoms with Crippen molar-refractivity contribution in [3.05, 3.63) is 48.3 Å². The van der Waals surface area contributed by atoms with E-state index in [0.29, 0.717) is 26.2 Å². The largest absolute Gasteiger partial charge is 0.368 e. The highest BCUT2D eigenvalue weighted by atomic mass is 19.1. The molecule has 0 saturated carbocycles. The maximum Gasteiger partial charge on any atom is 0.222 e. The Morgan fingerprint density at radius 3 is 2.33 bits per heavy atom. The number of carbonyl (C=O) groups is 1. The van der Waals surface area contributed by atoms with Crippen molar-refractivity contribution in [2.75, 3.05) is 36.8 Å². The number of hydrogen-bond acceptors (Lipinski definition) is 5. The summed E-state index contributed by atoms with van der Waals surface area (Å²) in [6, 6.07) is 12.2. The van der Waals surface area contributed by atoms with Crippen LogP contribution in [0.5, 0.6) is 0 Å². The normalized spacial score (nSPS) is 14.6. The van der Waals surface area contributed by atoms with Crippen LogP contribution in [0.2, 0.25) is 0 Å². The summed E-state index contributed by atoms with van der Waals surface area (Å²) < 4.78 is 13.2. The first kappa shape index (κ1) is 17.2. The molecule has 0 radical (unpaired) electrons. The maximum absolute atomic E-state index is 13.2. The molecule has 1 amide bonds. The molecule has 0 unspecified atom stereocenters. The van der Waals surface area contributed by atoms with Gasteiger partial charge in [0.05, 0.1) is 5.52 Å². The van der Waals surface area contributed by atoms with E-state index in [1.807, 2.05) is 23.1 Å². The molecule has 2 heterocycles. The first-order valence-corrected chi connectivity index (χ1v) is 8.85. The molecule has 0 spiro atoms. The number of nitrogens with zero attached hydrogens (tertiary/aromatic N) is 4. The molecule has 6 nitrogen and oxygen atoms in total. The quantitative estimate of drug-likeness (QED) is 0.756. The Labute approximate surface area is 156 Å². The second kappa shape index (κ2) is 6.83. The lowest BCUT2D eigenvalue weighted by Gasteiger charge is -2.35. The van der Waals surface area contributed by atoms with Crippen molar-refractivity contribution in [2.45, 2.75) is 6.92 Å². The predicted octanol–water partition coefficient (Wildman–Crippen LogP) is 2.69. The van der Waals surface area contributed by atoms with Crippen LogP contribution in [0.4, 0.5) is 16.2 Å². The molecule has 0 bridgehead atoms. The standard InChI is InChI=1S/C20H20FN5O/c1-13(27)25-8-10-26(11-9-25)19-17-12-15(14-2-5-16(21)6-3-14)4-7-18(17)23-20(22)24-19/h2-7,12H,8-11H2,1H3,(H2,22,23,24). The average molecular weight is 365 g/mol. The van der Waals surface area contributed by atoms with Gasteiger partial charge in [0.25, 0.3) is 0 Å². The van der Waals surface area contributed by atoms with E-state index in [9.17, 15) is 9.18 Å². The molecule has 0 atom stereocenters. The lowest BCUT2D eigenvalue weighted by molar-refractivity contribution is -0.129. The average Bonchev–Trinajstić information content (AvgIpc) is 2.68. The number of rotatable bonds is 2. The van der Waals surface area contributed by atoms with Crippen LogP contribution in [0.3, 0.4) is 0 Å². The van der Waals surface area contributed by atoms with Gasteiger partial charge in [-0.05, 0) is 35.4 Å². The van der Waals surface area contributed by atoms with Crippen LogP contribution >= 0.6 is 0 Å². The number of benzene rings is 2. The highest BCUT2D eigenvalue weighted by molar-refractivity contribution is 5.94. The van der Waals surface area contributed by atoms with Gasteiger partial charge >= 0.3 is 0 Å². The Morgan fingerprint density at radius 2 is 1.67 bits per heavy atom. The molecule has 1 fully saturated rings. The van der Waals surface area contributed by atoms with E-state index >= 15 is 0 Å². The van der Waals surface area contributed by atoms with Crippen molar-refractivity contribution in [3.63, 3.8) is 0 Å². The van der Waals surface area contributed by atoms with Crippen LogP contribution < -0.4 is 10.6 Å². The van der Waals surface area contributed by atoms with Gasteiger partial charge in [0.1, 0.15) is 11.6 Å². The molecule has 27 heavy (non-hydrogen) atoms. The molecule has 7 heteroatoms. The third kappa shape index (κ3) is 3.40. The Hall–Kier alpha value is -3.22. The molecule has 1 aliphatic heterocycles. The third-order valence-corrected chi connectivity index (χ3v) is 4.89. The van der Waals surface area contributed by atoms with Crippen LogP contribution in [0, 0.1) is 5.82 Å². The van der Waals surface area contributed by atoms with Gasteiger partial charge in [-0.25, -0.2) is 9.37 Å². The number of anilines is 2. The summed E-state index contributed by atoms with van der Waals surface area (Å²) in [5.74, 6) is 0.811. The van der Waals surface area contributed by atoms with Crippen molar-refractivity contribution >= 4 is 28.6 Å². The molecule has 138 valence electrons. The lowest BCUT2D eigenvalue weighted by Crippen LogP contribution is -2.48. The monoisotopic (exact) mass is 365 g/mol.